The SMILES string of the molecule is CCOC(=O)Cc1ccc2cccnc2c1[N+](=O)[O-]. The minimum absolute atomic E-state index is 0.128. The van der Waals surface area contributed by atoms with Gasteiger partial charge in [0.15, 0.2) is 0 Å². The van der Waals surface area contributed by atoms with Crippen molar-refractivity contribution < 1.29 is 14.5 Å². The maximum absolute atomic E-state index is 11.5. The Bertz CT molecular complexity index is 640. The van der Waals surface area contributed by atoms with Crippen molar-refractivity contribution in [2.24, 2.45) is 0 Å². The topological polar surface area (TPSA) is 82.3 Å². The molecule has 0 amide bonds. The first-order valence-electron chi connectivity index (χ1n) is 5.80. The van der Waals surface area contributed by atoms with E-state index in [9.17, 15) is 14.9 Å². The van der Waals surface area contributed by atoms with Gasteiger partial charge in [-0.05, 0) is 13.0 Å². The molecule has 0 aliphatic carbocycles. The molecule has 0 radical (unpaired) electrons. The highest BCUT2D eigenvalue weighted by Gasteiger charge is 2.21. The molecule has 0 fully saturated rings. The minimum Gasteiger partial charge on any atom is -0.466 e. The number of carbonyl (C=O) groups excluding carboxylic acids is 1. The first-order valence-corrected chi connectivity index (χ1v) is 5.80. The Morgan fingerprint density at radius 2 is 2.21 bits per heavy atom. The van der Waals surface area contributed by atoms with E-state index in [0.29, 0.717) is 10.9 Å². The highest BCUT2D eigenvalue weighted by molar-refractivity contribution is 5.90. The second kappa shape index (κ2) is 5.43. The number of hydrogen-bond donors (Lipinski definition) is 0. The number of pyridine rings is 1. The summed E-state index contributed by atoms with van der Waals surface area (Å²) < 4.78 is 4.81. The molecule has 2 rings (SSSR count). The van der Waals surface area contributed by atoms with Gasteiger partial charge in [-0.15, -0.1) is 0 Å². The monoisotopic (exact) mass is 260 g/mol. The number of rotatable bonds is 4. The number of benzene rings is 1. The van der Waals surface area contributed by atoms with Crippen LogP contribution in [-0.2, 0) is 16.0 Å². The van der Waals surface area contributed by atoms with Gasteiger partial charge >= 0.3 is 5.97 Å². The molecule has 0 bridgehead atoms. The summed E-state index contributed by atoms with van der Waals surface area (Å²) in [7, 11) is 0. The molecule has 0 aliphatic rings. The van der Waals surface area contributed by atoms with E-state index in [2.05, 4.69) is 4.98 Å². The lowest BCUT2D eigenvalue weighted by Gasteiger charge is -2.05. The normalized spacial score (nSPS) is 10.4. The summed E-state index contributed by atoms with van der Waals surface area (Å²) >= 11 is 0. The van der Waals surface area contributed by atoms with E-state index in [-0.39, 0.29) is 24.2 Å². The standard InChI is InChI=1S/C13H12N2O4/c1-2-19-11(16)8-10-6-5-9-4-3-7-14-12(9)13(10)15(17)18/h3-7H,2,8H2,1H3. The molecule has 6 nitrogen and oxygen atoms in total. The van der Waals surface area contributed by atoms with Gasteiger partial charge in [-0.3, -0.25) is 14.9 Å². The number of ether oxygens (including phenoxy) is 1. The summed E-state index contributed by atoms with van der Waals surface area (Å²) in [5.74, 6) is -0.485. The minimum atomic E-state index is -0.510. The largest absolute Gasteiger partial charge is 0.466 e. The van der Waals surface area contributed by atoms with Crippen molar-refractivity contribution in [2.45, 2.75) is 13.3 Å². The number of carbonyl (C=O) groups is 1. The molecule has 0 spiro atoms. The highest BCUT2D eigenvalue weighted by Crippen LogP contribution is 2.28. The smallest absolute Gasteiger partial charge is 0.310 e. The van der Waals surface area contributed by atoms with Crippen LogP contribution in [0.4, 0.5) is 5.69 Å². The molecule has 0 saturated carbocycles. The molecule has 0 saturated heterocycles. The number of esters is 1. The molecule has 0 unspecified atom stereocenters. The van der Waals surface area contributed by atoms with Crippen LogP contribution in [0, 0.1) is 10.1 Å². The Kier molecular flexibility index (Phi) is 3.70. The Hall–Kier alpha value is -2.50. The maximum atomic E-state index is 11.5. The van der Waals surface area contributed by atoms with Crippen molar-refractivity contribution in [3.63, 3.8) is 0 Å². The molecule has 1 heterocycles. The van der Waals surface area contributed by atoms with Crippen molar-refractivity contribution >= 4 is 22.6 Å². The third-order valence-corrected chi connectivity index (χ3v) is 2.65. The van der Waals surface area contributed by atoms with Crippen LogP contribution in [0.5, 0.6) is 0 Å². The van der Waals surface area contributed by atoms with Gasteiger partial charge in [0.05, 0.1) is 18.0 Å². The van der Waals surface area contributed by atoms with Crippen LogP contribution in [0.25, 0.3) is 10.9 Å². The fourth-order valence-corrected chi connectivity index (χ4v) is 1.89. The van der Waals surface area contributed by atoms with Crippen LogP contribution in [0.2, 0.25) is 0 Å². The molecular formula is C13H12N2O4. The lowest BCUT2D eigenvalue weighted by atomic mass is 10.1. The lowest BCUT2D eigenvalue weighted by molar-refractivity contribution is -0.383. The summed E-state index contributed by atoms with van der Waals surface area (Å²) in [6.07, 6.45) is 1.36. The molecule has 1 aromatic heterocycles. The van der Waals surface area contributed by atoms with Crippen LogP contribution < -0.4 is 0 Å². The second-order valence-electron chi connectivity index (χ2n) is 3.89. The molecule has 98 valence electrons. The predicted molar refractivity (Wildman–Crippen MR) is 68.7 cm³/mol. The van der Waals surface area contributed by atoms with E-state index >= 15 is 0 Å². The van der Waals surface area contributed by atoms with E-state index < -0.39 is 10.9 Å². The first-order chi connectivity index (χ1) is 9.13. The molecule has 0 aliphatic heterocycles. The third-order valence-electron chi connectivity index (χ3n) is 2.65. The average Bonchev–Trinajstić information content (AvgIpc) is 2.38. The quantitative estimate of drug-likeness (QED) is 0.478. The first kappa shape index (κ1) is 12.9. The van der Waals surface area contributed by atoms with Gasteiger partial charge in [-0.2, -0.15) is 0 Å². The number of fused-ring (bicyclic) bond motifs is 1. The Morgan fingerprint density at radius 3 is 2.89 bits per heavy atom. The molecular weight excluding hydrogens is 248 g/mol. The van der Waals surface area contributed by atoms with Gasteiger partial charge < -0.3 is 4.74 Å². The van der Waals surface area contributed by atoms with E-state index in [1.807, 2.05) is 0 Å². The summed E-state index contributed by atoms with van der Waals surface area (Å²) in [5, 5.41) is 11.9. The molecule has 0 atom stereocenters. The number of aromatic nitrogens is 1. The predicted octanol–water partition coefficient (Wildman–Crippen LogP) is 2.25. The van der Waals surface area contributed by atoms with Crippen molar-refractivity contribution in [3.8, 4) is 0 Å². The van der Waals surface area contributed by atoms with Gasteiger partial charge in [-0.25, -0.2) is 4.98 Å². The number of nitrogens with zero attached hydrogens (tertiary/aromatic N) is 2. The average molecular weight is 260 g/mol. The van der Waals surface area contributed by atoms with Crippen LogP contribution in [-0.4, -0.2) is 22.5 Å². The molecule has 1 aromatic carbocycles. The zero-order valence-electron chi connectivity index (χ0n) is 10.3. The zero-order valence-corrected chi connectivity index (χ0v) is 10.3. The van der Waals surface area contributed by atoms with Crippen molar-refractivity contribution in [2.75, 3.05) is 6.61 Å². The van der Waals surface area contributed by atoms with Gasteiger partial charge in [-0.1, -0.05) is 18.2 Å². The Balaban J connectivity index is 2.52. The van der Waals surface area contributed by atoms with Crippen LogP contribution >= 0.6 is 0 Å². The van der Waals surface area contributed by atoms with Crippen molar-refractivity contribution in [1.82, 2.24) is 4.98 Å². The van der Waals surface area contributed by atoms with Crippen LogP contribution in [0.15, 0.2) is 30.5 Å². The van der Waals surface area contributed by atoms with Crippen molar-refractivity contribution in [3.05, 3.63) is 46.1 Å². The molecule has 19 heavy (non-hydrogen) atoms. The number of nitro groups is 1. The summed E-state index contributed by atoms with van der Waals surface area (Å²) in [5.41, 5.74) is 0.468. The fraction of sp³-hybridized carbons (Fsp3) is 0.231. The summed E-state index contributed by atoms with van der Waals surface area (Å²) in [4.78, 5) is 26.2. The maximum Gasteiger partial charge on any atom is 0.310 e. The molecule has 2 aromatic rings. The lowest BCUT2D eigenvalue weighted by Crippen LogP contribution is -2.09. The van der Waals surface area contributed by atoms with Gasteiger partial charge in [0.1, 0.15) is 5.52 Å². The molecule has 6 heteroatoms. The van der Waals surface area contributed by atoms with Crippen LogP contribution in [0.3, 0.4) is 0 Å². The van der Waals surface area contributed by atoms with Gasteiger partial charge in [0, 0.05) is 17.1 Å². The van der Waals surface area contributed by atoms with E-state index in [0.717, 1.165) is 0 Å². The van der Waals surface area contributed by atoms with E-state index in [1.165, 1.54) is 6.20 Å². The van der Waals surface area contributed by atoms with Gasteiger partial charge in [0.25, 0.3) is 5.69 Å². The number of nitro benzene ring substituents is 1. The van der Waals surface area contributed by atoms with E-state index in [4.69, 9.17) is 4.74 Å². The second-order valence-corrected chi connectivity index (χ2v) is 3.89. The summed E-state index contributed by atoms with van der Waals surface area (Å²) in [6.45, 7) is 1.94. The summed E-state index contributed by atoms with van der Waals surface area (Å²) in [6, 6.07) is 6.73. The molecule has 0 N–H and O–H groups in total. The third kappa shape index (κ3) is 2.67. The van der Waals surface area contributed by atoms with Crippen LogP contribution in [0.1, 0.15) is 12.5 Å². The highest BCUT2D eigenvalue weighted by atomic mass is 16.6. The Labute approximate surface area is 109 Å². The zero-order chi connectivity index (χ0) is 13.8. The van der Waals surface area contributed by atoms with E-state index in [1.54, 1.807) is 31.2 Å². The van der Waals surface area contributed by atoms with Crippen molar-refractivity contribution in [1.29, 1.82) is 0 Å². The fourth-order valence-electron chi connectivity index (χ4n) is 1.89. The number of hydrogen-bond acceptors (Lipinski definition) is 5. The van der Waals surface area contributed by atoms with Gasteiger partial charge in [0.2, 0.25) is 0 Å². The Morgan fingerprint density at radius 1 is 1.42 bits per heavy atom.